The molecule has 1 heterocycles. The number of carbonyl (C=O) groups excluding carboxylic acids is 1. The summed E-state index contributed by atoms with van der Waals surface area (Å²) in [6, 6.07) is 15.2. The first-order valence-electron chi connectivity index (χ1n) is 11.9. The number of nitrogens with one attached hydrogen (secondary N) is 1. The van der Waals surface area contributed by atoms with Crippen molar-refractivity contribution in [2.75, 3.05) is 31.5 Å². The lowest BCUT2D eigenvalue weighted by atomic mass is 9.81. The second-order valence-corrected chi connectivity index (χ2v) is 10.1. The Balaban J connectivity index is 1.43. The second-order valence-electron chi connectivity index (χ2n) is 9.24. The van der Waals surface area contributed by atoms with Crippen LogP contribution in [-0.2, 0) is 0 Å². The number of rotatable bonds is 6. The zero-order valence-electron chi connectivity index (χ0n) is 19.1. The topological polar surface area (TPSA) is 79.6 Å². The highest BCUT2D eigenvalue weighted by Crippen LogP contribution is 2.35. The number of aliphatic hydroxyl groups excluding tert-OH is 1. The number of nitriles is 1. The fourth-order valence-electron chi connectivity index (χ4n) is 5.07. The molecule has 4 rings (SSSR count). The number of benzene rings is 2. The first-order chi connectivity index (χ1) is 16.4. The van der Waals surface area contributed by atoms with Gasteiger partial charge in [-0.25, -0.2) is 4.79 Å². The van der Waals surface area contributed by atoms with Crippen molar-refractivity contribution in [3.63, 3.8) is 0 Å². The first kappa shape index (κ1) is 24.8. The molecule has 0 spiro atoms. The number of amides is 2. The fraction of sp³-hybridized carbons (Fsp3) is 0.462. The summed E-state index contributed by atoms with van der Waals surface area (Å²) in [5, 5.41) is 22.9. The molecule has 1 aliphatic heterocycles. The van der Waals surface area contributed by atoms with Crippen LogP contribution in [-0.4, -0.2) is 59.3 Å². The van der Waals surface area contributed by atoms with Gasteiger partial charge >= 0.3 is 6.03 Å². The van der Waals surface area contributed by atoms with Crippen LogP contribution >= 0.6 is 23.2 Å². The third-order valence-corrected chi connectivity index (χ3v) is 7.70. The van der Waals surface area contributed by atoms with Crippen molar-refractivity contribution in [2.24, 2.45) is 0 Å². The van der Waals surface area contributed by atoms with Crippen LogP contribution in [0.3, 0.4) is 0 Å². The third-order valence-electron chi connectivity index (χ3n) is 6.96. The molecule has 1 aliphatic carbocycles. The summed E-state index contributed by atoms with van der Waals surface area (Å²) in [6.07, 6.45) is 4.25. The average Bonchev–Trinajstić information content (AvgIpc) is 3.27. The molecule has 2 amide bonds. The Morgan fingerprint density at radius 2 is 1.91 bits per heavy atom. The lowest BCUT2D eigenvalue weighted by molar-refractivity contribution is 0.143. The van der Waals surface area contributed by atoms with Crippen molar-refractivity contribution in [3.8, 4) is 6.07 Å². The van der Waals surface area contributed by atoms with Gasteiger partial charge in [0, 0.05) is 37.9 Å². The normalized spacial score (nSPS) is 22.8. The molecule has 2 aromatic carbocycles. The van der Waals surface area contributed by atoms with Gasteiger partial charge in [-0.3, -0.25) is 4.90 Å². The van der Waals surface area contributed by atoms with E-state index in [0.29, 0.717) is 40.3 Å². The Morgan fingerprint density at radius 1 is 1.12 bits per heavy atom. The lowest BCUT2D eigenvalue weighted by Crippen LogP contribution is -2.47. The van der Waals surface area contributed by atoms with Crippen LogP contribution in [0.15, 0.2) is 42.5 Å². The van der Waals surface area contributed by atoms with E-state index in [9.17, 15) is 15.2 Å². The van der Waals surface area contributed by atoms with Crippen LogP contribution in [0.4, 0.5) is 10.5 Å². The summed E-state index contributed by atoms with van der Waals surface area (Å²) in [7, 11) is 0. The van der Waals surface area contributed by atoms with Crippen molar-refractivity contribution < 1.29 is 9.90 Å². The lowest BCUT2D eigenvalue weighted by Gasteiger charge is -2.38. The predicted octanol–water partition coefficient (Wildman–Crippen LogP) is 5.49. The number of aliphatic hydroxyl groups is 1. The number of halogens is 2. The molecular formula is C26H30Cl2N4O2. The maximum Gasteiger partial charge on any atom is 0.322 e. The van der Waals surface area contributed by atoms with Gasteiger partial charge in [0.05, 0.1) is 27.8 Å². The Labute approximate surface area is 211 Å². The minimum absolute atomic E-state index is 0.130. The van der Waals surface area contributed by atoms with Crippen LogP contribution in [0.1, 0.15) is 49.1 Å². The summed E-state index contributed by atoms with van der Waals surface area (Å²) in [5.41, 5.74) is 2.51. The summed E-state index contributed by atoms with van der Waals surface area (Å²) in [5.74, 6) is 0.401. The van der Waals surface area contributed by atoms with Gasteiger partial charge in [-0.15, -0.1) is 0 Å². The Bertz CT molecular complexity index is 1050. The van der Waals surface area contributed by atoms with Crippen LogP contribution < -0.4 is 5.32 Å². The molecule has 0 bridgehead atoms. The highest BCUT2D eigenvalue weighted by Gasteiger charge is 2.31. The Hall–Kier alpha value is -2.30. The molecule has 2 aromatic rings. The molecule has 0 unspecified atom stereocenters. The maximum absolute atomic E-state index is 13.3. The van der Waals surface area contributed by atoms with Gasteiger partial charge in [0.1, 0.15) is 0 Å². The molecule has 1 saturated carbocycles. The van der Waals surface area contributed by atoms with E-state index in [1.807, 2.05) is 23.1 Å². The molecule has 2 fully saturated rings. The largest absolute Gasteiger partial charge is 0.392 e. The highest BCUT2D eigenvalue weighted by atomic mass is 35.5. The van der Waals surface area contributed by atoms with E-state index in [2.05, 4.69) is 22.4 Å². The minimum Gasteiger partial charge on any atom is -0.392 e. The number of carbonyl (C=O) groups is 1. The number of urea groups is 1. The number of likely N-dealkylation sites (tertiary alicyclic amines) is 1. The van der Waals surface area contributed by atoms with Gasteiger partial charge in [0.15, 0.2) is 0 Å². The molecule has 0 radical (unpaired) electrons. The quantitative estimate of drug-likeness (QED) is 0.549. The van der Waals surface area contributed by atoms with Gasteiger partial charge in [-0.2, -0.15) is 5.26 Å². The van der Waals surface area contributed by atoms with Crippen molar-refractivity contribution in [1.29, 1.82) is 5.26 Å². The van der Waals surface area contributed by atoms with Crippen molar-refractivity contribution in [2.45, 2.75) is 50.2 Å². The monoisotopic (exact) mass is 500 g/mol. The van der Waals surface area contributed by atoms with E-state index in [-0.39, 0.29) is 18.2 Å². The van der Waals surface area contributed by atoms with Crippen LogP contribution in [0.2, 0.25) is 10.0 Å². The smallest absolute Gasteiger partial charge is 0.322 e. The minimum atomic E-state index is -0.280. The molecule has 8 heteroatoms. The van der Waals surface area contributed by atoms with Gasteiger partial charge < -0.3 is 15.3 Å². The fourth-order valence-corrected chi connectivity index (χ4v) is 5.36. The summed E-state index contributed by atoms with van der Waals surface area (Å²) in [6.45, 7) is 2.84. The number of hydrogen-bond donors (Lipinski definition) is 2. The molecule has 34 heavy (non-hydrogen) atoms. The van der Waals surface area contributed by atoms with Crippen molar-refractivity contribution >= 4 is 34.9 Å². The Kier molecular flexibility index (Phi) is 8.33. The van der Waals surface area contributed by atoms with Crippen LogP contribution in [0, 0.1) is 11.3 Å². The zero-order valence-corrected chi connectivity index (χ0v) is 20.6. The van der Waals surface area contributed by atoms with E-state index in [1.54, 1.807) is 18.2 Å². The molecule has 1 saturated heterocycles. The van der Waals surface area contributed by atoms with Gasteiger partial charge in [0.2, 0.25) is 0 Å². The number of β-amino-alcohol motifs (C(OH)–C–C–N with tert-alkyl or cyclic N) is 1. The van der Waals surface area contributed by atoms with E-state index in [1.165, 1.54) is 5.56 Å². The van der Waals surface area contributed by atoms with Crippen LogP contribution in [0.5, 0.6) is 0 Å². The average molecular weight is 501 g/mol. The molecule has 180 valence electrons. The van der Waals surface area contributed by atoms with Crippen molar-refractivity contribution in [3.05, 3.63) is 63.6 Å². The van der Waals surface area contributed by atoms with E-state index in [0.717, 1.165) is 45.2 Å². The van der Waals surface area contributed by atoms with Gasteiger partial charge in [-0.05, 0) is 73.9 Å². The molecule has 1 atom stereocenters. The molecule has 2 aliphatic rings. The summed E-state index contributed by atoms with van der Waals surface area (Å²) < 4.78 is 0. The van der Waals surface area contributed by atoms with E-state index >= 15 is 0 Å². The number of anilines is 1. The van der Waals surface area contributed by atoms with E-state index in [4.69, 9.17) is 23.2 Å². The maximum atomic E-state index is 13.3. The summed E-state index contributed by atoms with van der Waals surface area (Å²) in [4.78, 5) is 17.5. The first-order valence-corrected chi connectivity index (χ1v) is 12.6. The molecule has 0 aromatic heterocycles. The third kappa shape index (κ3) is 6.22. The standard InChI is InChI=1S/C26H30Cl2N4O2/c27-24-9-6-21(15-25(24)28)30-26(34)32(13-12-31-11-10-23(33)17-31)22-7-4-19(5-8-22)20-3-1-2-18(14-20)16-29/h1-3,6,9,14-15,19,22-23,33H,4-5,7-8,10-13,17H2,(H,30,34)/t19-,22+,23-/m0/s1. The molecular weight excluding hydrogens is 471 g/mol. The number of nitrogens with zero attached hydrogens (tertiary/aromatic N) is 3. The van der Waals surface area contributed by atoms with Gasteiger partial charge in [0.25, 0.3) is 0 Å². The SMILES string of the molecule is N#Cc1cccc([C@H]2CC[C@@H](N(CCN3CC[C@H](O)C3)C(=O)Nc3ccc(Cl)c(Cl)c3)CC2)c1. The second kappa shape index (κ2) is 11.4. The van der Waals surface area contributed by atoms with E-state index < -0.39 is 0 Å². The van der Waals surface area contributed by atoms with Gasteiger partial charge in [-0.1, -0.05) is 35.3 Å². The number of hydrogen-bond acceptors (Lipinski definition) is 4. The Morgan fingerprint density at radius 3 is 2.59 bits per heavy atom. The molecule has 6 nitrogen and oxygen atoms in total. The van der Waals surface area contributed by atoms with Crippen LogP contribution in [0.25, 0.3) is 0 Å². The highest BCUT2D eigenvalue weighted by molar-refractivity contribution is 6.42. The van der Waals surface area contributed by atoms with Crippen molar-refractivity contribution in [1.82, 2.24) is 9.80 Å². The summed E-state index contributed by atoms with van der Waals surface area (Å²) >= 11 is 12.2. The molecule has 2 N–H and O–H groups in total. The zero-order chi connectivity index (χ0) is 24.1. The predicted molar refractivity (Wildman–Crippen MR) is 135 cm³/mol.